The summed E-state index contributed by atoms with van der Waals surface area (Å²) in [6.45, 7) is 0. The normalized spacial score (nSPS) is 10.4. The minimum absolute atomic E-state index is 0.238. The third kappa shape index (κ3) is 1.56. The number of aromatic nitrogens is 1. The Labute approximate surface area is 90.4 Å². The van der Waals surface area contributed by atoms with Crippen LogP contribution < -0.4 is 5.73 Å². The van der Waals surface area contributed by atoms with Gasteiger partial charge < -0.3 is 10.2 Å². The summed E-state index contributed by atoms with van der Waals surface area (Å²) in [6, 6.07) is 5.04. The van der Waals surface area contributed by atoms with Gasteiger partial charge in [-0.05, 0) is 18.2 Å². The van der Waals surface area contributed by atoms with Gasteiger partial charge in [0.25, 0.3) is 0 Å². The molecule has 2 aromatic rings. The van der Waals surface area contributed by atoms with Gasteiger partial charge in [0.2, 0.25) is 0 Å². The molecule has 0 spiro atoms. The molecular formula is C9H6Cl2N2O. The van der Waals surface area contributed by atoms with E-state index in [2.05, 4.69) is 4.98 Å². The molecule has 0 aliphatic heterocycles. The molecule has 2 heterocycles. The smallest absolute Gasteiger partial charge is 0.153 e. The minimum atomic E-state index is 0.238. The molecule has 2 N–H and O–H groups in total. The van der Waals surface area contributed by atoms with Crippen LogP contribution in [0.25, 0.3) is 11.5 Å². The molecule has 0 atom stereocenters. The van der Waals surface area contributed by atoms with Gasteiger partial charge in [-0.15, -0.1) is 0 Å². The first kappa shape index (κ1) is 9.37. The second kappa shape index (κ2) is 3.52. The number of anilines is 1. The number of hydrogen-bond acceptors (Lipinski definition) is 3. The van der Waals surface area contributed by atoms with Gasteiger partial charge in [-0.1, -0.05) is 23.2 Å². The number of hydrogen-bond donors (Lipinski definition) is 1. The molecule has 0 aromatic carbocycles. The Morgan fingerprint density at radius 1 is 1.29 bits per heavy atom. The summed E-state index contributed by atoms with van der Waals surface area (Å²) in [5.41, 5.74) is 6.05. The first-order valence-corrected chi connectivity index (χ1v) is 4.59. The second-order valence-electron chi connectivity index (χ2n) is 2.66. The fourth-order valence-corrected chi connectivity index (χ4v) is 1.52. The number of nitrogens with two attached hydrogens (primary N) is 1. The van der Waals surface area contributed by atoms with Crippen molar-refractivity contribution in [2.45, 2.75) is 0 Å². The highest BCUT2D eigenvalue weighted by Crippen LogP contribution is 2.31. The molecule has 0 saturated carbocycles. The lowest BCUT2D eigenvalue weighted by Crippen LogP contribution is -1.93. The summed E-state index contributed by atoms with van der Waals surface area (Å²) in [5.74, 6) is 0.806. The van der Waals surface area contributed by atoms with Crippen molar-refractivity contribution >= 4 is 29.0 Å². The quantitative estimate of drug-likeness (QED) is 0.816. The monoisotopic (exact) mass is 228 g/mol. The number of halogens is 2. The Hall–Kier alpha value is -1.19. The lowest BCUT2D eigenvalue weighted by Gasteiger charge is -2.02. The molecule has 0 radical (unpaired) electrons. The Balaban J connectivity index is 2.60. The van der Waals surface area contributed by atoms with Crippen molar-refractivity contribution in [2.24, 2.45) is 0 Å². The van der Waals surface area contributed by atoms with Crippen molar-refractivity contribution in [2.75, 3.05) is 5.73 Å². The van der Waals surface area contributed by atoms with Crippen molar-refractivity contribution in [1.29, 1.82) is 0 Å². The zero-order valence-electron chi connectivity index (χ0n) is 7.00. The lowest BCUT2D eigenvalue weighted by atomic mass is 10.3. The summed E-state index contributed by atoms with van der Waals surface area (Å²) < 4.78 is 5.15. The van der Waals surface area contributed by atoms with E-state index >= 15 is 0 Å². The van der Waals surface area contributed by atoms with Crippen molar-refractivity contribution in [3.05, 3.63) is 34.5 Å². The van der Waals surface area contributed by atoms with Crippen LogP contribution in [0.5, 0.6) is 0 Å². The summed E-state index contributed by atoms with van der Waals surface area (Å²) in [5, 5.41) is 0.754. The van der Waals surface area contributed by atoms with Gasteiger partial charge in [0.15, 0.2) is 5.76 Å². The minimum Gasteiger partial charge on any atom is -0.463 e. The molecule has 3 nitrogen and oxygen atoms in total. The van der Waals surface area contributed by atoms with Crippen molar-refractivity contribution in [1.82, 2.24) is 4.98 Å². The van der Waals surface area contributed by atoms with Crippen molar-refractivity contribution in [3.8, 4) is 11.5 Å². The van der Waals surface area contributed by atoms with Crippen LogP contribution in [0.3, 0.4) is 0 Å². The van der Waals surface area contributed by atoms with Crippen LogP contribution in [0.15, 0.2) is 28.9 Å². The molecule has 0 amide bonds. The molecule has 72 valence electrons. The number of pyridine rings is 1. The topological polar surface area (TPSA) is 52.0 Å². The zero-order valence-corrected chi connectivity index (χ0v) is 8.51. The van der Waals surface area contributed by atoms with Crippen LogP contribution >= 0.6 is 23.2 Å². The van der Waals surface area contributed by atoms with E-state index in [9.17, 15) is 0 Å². The molecule has 5 heteroatoms. The molecule has 2 rings (SSSR count). The van der Waals surface area contributed by atoms with E-state index in [0.717, 1.165) is 0 Å². The summed E-state index contributed by atoms with van der Waals surface area (Å²) in [4.78, 5) is 4.03. The maximum Gasteiger partial charge on any atom is 0.153 e. The van der Waals surface area contributed by atoms with Crippen molar-refractivity contribution in [3.63, 3.8) is 0 Å². The van der Waals surface area contributed by atoms with Gasteiger partial charge in [-0.3, -0.25) is 0 Å². The molecule has 0 fully saturated rings. The second-order valence-corrected chi connectivity index (χ2v) is 3.48. The van der Waals surface area contributed by atoms with E-state index in [1.807, 2.05) is 0 Å². The highest BCUT2D eigenvalue weighted by molar-refractivity contribution is 6.37. The third-order valence-corrected chi connectivity index (χ3v) is 2.30. The lowest BCUT2D eigenvalue weighted by molar-refractivity contribution is 0.580. The molecule has 0 unspecified atom stereocenters. The number of nitrogen functional groups attached to an aromatic ring is 1. The highest BCUT2D eigenvalue weighted by Gasteiger charge is 2.10. The van der Waals surface area contributed by atoms with E-state index in [-0.39, 0.29) is 5.82 Å². The maximum absolute atomic E-state index is 5.93. The maximum atomic E-state index is 5.93. The van der Waals surface area contributed by atoms with Crippen molar-refractivity contribution < 1.29 is 4.42 Å². The number of furan rings is 1. The predicted octanol–water partition coefficient (Wildman–Crippen LogP) is 3.23. The Kier molecular flexibility index (Phi) is 2.35. The van der Waals surface area contributed by atoms with Crippen LogP contribution in [0.2, 0.25) is 10.0 Å². The van der Waals surface area contributed by atoms with Crippen LogP contribution in [0.4, 0.5) is 5.82 Å². The summed E-state index contributed by atoms with van der Waals surface area (Å²) in [7, 11) is 0. The average Bonchev–Trinajstić information content (AvgIpc) is 2.64. The molecule has 0 aliphatic rings. The van der Waals surface area contributed by atoms with Crippen LogP contribution in [0.1, 0.15) is 0 Å². The van der Waals surface area contributed by atoms with E-state index < -0.39 is 0 Å². The number of nitrogens with zero attached hydrogens (tertiary/aromatic N) is 1. The third-order valence-electron chi connectivity index (χ3n) is 1.71. The fourth-order valence-electron chi connectivity index (χ4n) is 1.07. The molecule has 0 saturated heterocycles. The standard InChI is InChI=1S/C9H6Cl2N2O/c10-5-4-6(11)9(12)13-8(5)7-2-1-3-14-7/h1-4H,(H2,12,13). The van der Waals surface area contributed by atoms with E-state index in [1.165, 1.54) is 6.26 Å². The van der Waals surface area contributed by atoms with Gasteiger partial charge in [0, 0.05) is 0 Å². The number of rotatable bonds is 1. The van der Waals surface area contributed by atoms with Gasteiger partial charge in [0.1, 0.15) is 11.5 Å². The van der Waals surface area contributed by atoms with Gasteiger partial charge >= 0.3 is 0 Å². The first-order chi connectivity index (χ1) is 6.68. The fraction of sp³-hybridized carbons (Fsp3) is 0. The molecule has 0 bridgehead atoms. The van der Waals surface area contributed by atoms with Crippen LogP contribution in [0, 0.1) is 0 Å². The van der Waals surface area contributed by atoms with Gasteiger partial charge in [-0.2, -0.15) is 0 Å². The van der Waals surface area contributed by atoms with Gasteiger partial charge in [0.05, 0.1) is 16.3 Å². The first-order valence-electron chi connectivity index (χ1n) is 3.84. The van der Waals surface area contributed by atoms with Gasteiger partial charge in [-0.25, -0.2) is 4.98 Å². The largest absolute Gasteiger partial charge is 0.463 e. The predicted molar refractivity (Wildman–Crippen MR) is 56.4 cm³/mol. The zero-order chi connectivity index (χ0) is 10.1. The summed E-state index contributed by atoms with van der Waals surface area (Å²) in [6.07, 6.45) is 1.54. The average molecular weight is 229 g/mol. The van der Waals surface area contributed by atoms with Crippen LogP contribution in [-0.2, 0) is 0 Å². The molecule has 2 aromatic heterocycles. The highest BCUT2D eigenvalue weighted by atomic mass is 35.5. The van der Waals surface area contributed by atoms with E-state index in [4.69, 9.17) is 33.4 Å². The van der Waals surface area contributed by atoms with Crippen LogP contribution in [-0.4, -0.2) is 4.98 Å². The Morgan fingerprint density at radius 3 is 2.71 bits per heavy atom. The van der Waals surface area contributed by atoms with E-state index in [1.54, 1.807) is 18.2 Å². The Morgan fingerprint density at radius 2 is 2.07 bits per heavy atom. The Bertz CT molecular complexity index is 454. The molecule has 14 heavy (non-hydrogen) atoms. The molecule has 0 aliphatic carbocycles. The SMILES string of the molecule is Nc1nc(-c2ccco2)c(Cl)cc1Cl. The van der Waals surface area contributed by atoms with E-state index in [0.29, 0.717) is 21.5 Å². The molecular weight excluding hydrogens is 223 g/mol. The summed E-state index contributed by atoms with van der Waals surface area (Å²) >= 11 is 11.7.